The molecule has 0 spiro atoms. The van der Waals surface area contributed by atoms with E-state index in [0.29, 0.717) is 29.1 Å². The van der Waals surface area contributed by atoms with Gasteiger partial charge in [0.15, 0.2) is 10.3 Å². The number of hydrogen-bond donors (Lipinski definition) is 0. The lowest BCUT2D eigenvalue weighted by atomic mass is 10.2. The number of hydrogen-bond acceptors (Lipinski definition) is 7. The van der Waals surface area contributed by atoms with Gasteiger partial charge in [0.1, 0.15) is 4.83 Å². The molecule has 0 saturated carbocycles. The average molecular weight is 423 g/mol. The second kappa shape index (κ2) is 8.12. The summed E-state index contributed by atoms with van der Waals surface area (Å²) in [6, 6.07) is 0. The van der Waals surface area contributed by atoms with Crippen LogP contribution in [-0.4, -0.2) is 27.0 Å². The van der Waals surface area contributed by atoms with Gasteiger partial charge in [0.2, 0.25) is 5.91 Å². The molecule has 0 radical (unpaired) electrons. The van der Waals surface area contributed by atoms with Crippen LogP contribution >= 0.6 is 34.4 Å². The number of thioether (sulfide) groups is 1. The van der Waals surface area contributed by atoms with Gasteiger partial charge in [-0.2, -0.15) is 0 Å². The van der Waals surface area contributed by atoms with Crippen LogP contribution in [0.1, 0.15) is 36.9 Å². The third-order valence-corrected chi connectivity index (χ3v) is 7.41. The van der Waals surface area contributed by atoms with Crippen molar-refractivity contribution in [2.24, 2.45) is 0 Å². The van der Waals surface area contributed by atoms with Gasteiger partial charge in [0.05, 0.1) is 11.1 Å². The second-order valence-electron chi connectivity index (χ2n) is 6.08. The van der Waals surface area contributed by atoms with Gasteiger partial charge in [0, 0.05) is 36.0 Å². The van der Waals surface area contributed by atoms with Crippen molar-refractivity contribution >= 4 is 55.7 Å². The van der Waals surface area contributed by atoms with E-state index in [-0.39, 0.29) is 11.5 Å². The van der Waals surface area contributed by atoms with Crippen LogP contribution in [0, 0.1) is 13.8 Å². The highest BCUT2D eigenvalue weighted by atomic mass is 32.2. The van der Waals surface area contributed by atoms with Crippen molar-refractivity contribution in [2.45, 2.75) is 52.1 Å². The lowest BCUT2D eigenvalue weighted by molar-refractivity contribution is -0.116. The fourth-order valence-corrected chi connectivity index (χ4v) is 5.88. The predicted molar refractivity (Wildman–Crippen MR) is 114 cm³/mol. The first-order valence-corrected chi connectivity index (χ1v) is 11.4. The molecule has 0 saturated heterocycles. The minimum Gasteiger partial charge on any atom is -0.289 e. The maximum Gasteiger partial charge on any atom is 0.263 e. The number of carbonyl (C=O) groups excluding carboxylic acids is 1. The molecule has 3 aromatic rings. The van der Waals surface area contributed by atoms with Crippen LogP contribution in [0.4, 0.5) is 5.13 Å². The molecule has 1 amide bonds. The van der Waals surface area contributed by atoms with E-state index in [9.17, 15) is 9.59 Å². The summed E-state index contributed by atoms with van der Waals surface area (Å²) >= 11 is 4.54. The molecule has 0 unspecified atom stereocenters. The van der Waals surface area contributed by atoms with Crippen molar-refractivity contribution in [3.05, 3.63) is 31.9 Å². The summed E-state index contributed by atoms with van der Waals surface area (Å²) < 4.78 is 1.73. The van der Waals surface area contributed by atoms with E-state index in [4.69, 9.17) is 4.98 Å². The zero-order valence-corrected chi connectivity index (χ0v) is 18.5. The van der Waals surface area contributed by atoms with Crippen LogP contribution in [-0.2, 0) is 17.1 Å². The van der Waals surface area contributed by atoms with Gasteiger partial charge in [-0.1, -0.05) is 11.8 Å². The molecule has 3 rings (SSSR count). The lowest BCUT2D eigenvalue weighted by Crippen LogP contribution is -2.27. The van der Waals surface area contributed by atoms with E-state index in [0.717, 1.165) is 26.4 Å². The molecule has 0 aromatic carbocycles. The number of fused-ring (bicyclic) bond motifs is 1. The summed E-state index contributed by atoms with van der Waals surface area (Å²) in [7, 11) is 0. The van der Waals surface area contributed by atoms with E-state index in [1.165, 1.54) is 23.1 Å². The topological polar surface area (TPSA) is 68.1 Å². The van der Waals surface area contributed by atoms with Crippen molar-refractivity contribution in [1.82, 2.24) is 14.5 Å². The van der Waals surface area contributed by atoms with Gasteiger partial charge >= 0.3 is 0 Å². The first kappa shape index (κ1) is 20.0. The maximum absolute atomic E-state index is 12.9. The number of thiophene rings is 1. The van der Waals surface area contributed by atoms with Gasteiger partial charge in [-0.05, 0) is 33.3 Å². The van der Waals surface area contributed by atoms with Crippen molar-refractivity contribution in [1.29, 1.82) is 0 Å². The number of rotatable bonds is 6. The smallest absolute Gasteiger partial charge is 0.263 e. The molecule has 6 nitrogen and oxygen atoms in total. The normalized spacial score (nSPS) is 11.3. The molecule has 27 heavy (non-hydrogen) atoms. The molecule has 9 heteroatoms. The monoisotopic (exact) mass is 422 g/mol. The Labute approximate surface area is 170 Å². The summed E-state index contributed by atoms with van der Waals surface area (Å²) in [6.45, 7) is 10.6. The molecule has 0 aliphatic rings. The number of anilines is 1. The first-order valence-electron chi connectivity index (χ1n) is 8.73. The molecule has 0 bridgehead atoms. The van der Waals surface area contributed by atoms with Crippen LogP contribution in [0.3, 0.4) is 0 Å². The molecule has 0 atom stereocenters. The summed E-state index contributed by atoms with van der Waals surface area (Å²) in [5.41, 5.74) is 1.94. The van der Waals surface area contributed by atoms with Gasteiger partial charge in [0.25, 0.3) is 5.56 Å². The SMILES string of the molecule is CCN(C(C)=O)c1nc(CSc2nc3sc(C)c(C)c3c(=O)n2CC)cs1. The van der Waals surface area contributed by atoms with Crippen molar-refractivity contribution in [3.63, 3.8) is 0 Å². The molecule has 0 fully saturated rings. The molecular weight excluding hydrogens is 400 g/mol. The van der Waals surface area contributed by atoms with Crippen LogP contribution in [0.2, 0.25) is 0 Å². The predicted octanol–water partition coefficient (Wildman–Crippen LogP) is 4.22. The fraction of sp³-hybridized carbons (Fsp3) is 0.444. The zero-order chi connectivity index (χ0) is 19.7. The summed E-state index contributed by atoms with van der Waals surface area (Å²) in [5, 5.41) is 4.12. The highest BCUT2D eigenvalue weighted by molar-refractivity contribution is 7.98. The van der Waals surface area contributed by atoms with Crippen LogP contribution in [0.15, 0.2) is 15.3 Å². The minimum atomic E-state index is -0.0126. The van der Waals surface area contributed by atoms with E-state index in [1.807, 2.05) is 33.1 Å². The van der Waals surface area contributed by atoms with Crippen molar-refractivity contribution in [2.75, 3.05) is 11.4 Å². The quantitative estimate of drug-likeness (QED) is 0.439. The lowest BCUT2D eigenvalue weighted by Gasteiger charge is -2.14. The standard InChI is InChI=1S/C18H22N4O2S3/c1-6-21(12(5)23)17-19-13(8-25-17)9-26-18-20-15-14(10(3)11(4)27-15)16(24)22(18)7-2/h8H,6-7,9H2,1-5H3. The molecule has 0 aliphatic heterocycles. The number of thiazole rings is 1. The molecule has 0 aliphatic carbocycles. The van der Waals surface area contributed by atoms with Gasteiger partial charge in [-0.15, -0.1) is 22.7 Å². The van der Waals surface area contributed by atoms with E-state index in [1.54, 1.807) is 27.7 Å². The Morgan fingerprint density at radius 2 is 2.04 bits per heavy atom. The largest absolute Gasteiger partial charge is 0.289 e. The molecule has 3 heterocycles. The Morgan fingerprint density at radius 1 is 1.30 bits per heavy atom. The third kappa shape index (κ3) is 3.81. The van der Waals surface area contributed by atoms with Gasteiger partial charge in [-0.25, -0.2) is 9.97 Å². The van der Waals surface area contributed by atoms with E-state index in [2.05, 4.69) is 4.98 Å². The van der Waals surface area contributed by atoms with Gasteiger partial charge in [-0.3, -0.25) is 19.1 Å². The van der Waals surface area contributed by atoms with Crippen LogP contribution < -0.4 is 10.5 Å². The Kier molecular flexibility index (Phi) is 6.02. The average Bonchev–Trinajstić information content (AvgIpc) is 3.18. The summed E-state index contributed by atoms with van der Waals surface area (Å²) in [6.07, 6.45) is 0. The Bertz CT molecular complexity index is 1050. The van der Waals surface area contributed by atoms with Crippen LogP contribution in [0.5, 0.6) is 0 Å². The first-order chi connectivity index (χ1) is 12.9. The fourth-order valence-electron chi connectivity index (χ4n) is 2.82. The highest BCUT2D eigenvalue weighted by Crippen LogP contribution is 2.30. The molecular formula is C18H22N4O2S3. The molecule has 144 valence electrons. The number of aryl methyl sites for hydroxylation is 2. The van der Waals surface area contributed by atoms with Crippen molar-refractivity contribution in [3.8, 4) is 0 Å². The summed E-state index contributed by atoms with van der Waals surface area (Å²) in [5.74, 6) is 0.592. The molecule has 0 N–H and O–H groups in total. The van der Waals surface area contributed by atoms with E-state index < -0.39 is 0 Å². The van der Waals surface area contributed by atoms with Crippen LogP contribution in [0.25, 0.3) is 10.2 Å². The number of nitrogens with zero attached hydrogens (tertiary/aromatic N) is 4. The Balaban J connectivity index is 1.88. The number of aromatic nitrogens is 3. The number of amides is 1. The zero-order valence-electron chi connectivity index (χ0n) is 16.0. The molecule has 3 aromatic heterocycles. The third-order valence-electron chi connectivity index (χ3n) is 4.39. The maximum atomic E-state index is 12.9. The van der Waals surface area contributed by atoms with E-state index >= 15 is 0 Å². The van der Waals surface area contributed by atoms with Crippen molar-refractivity contribution < 1.29 is 4.79 Å². The summed E-state index contributed by atoms with van der Waals surface area (Å²) in [4.78, 5) is 37.5. The van der Waals surface area contributed by atoms with Gasteiger partial charge < -0.3 is 0 Å². The Morgan fingerprint density at radius 3 is 2.67 bits per heavy atom. The highest BCUT2D eigenvalue weighted by Gasteiger charge is 2.17. The second-order valence-corrected chi connectivity index (χ2v) is 9.06. The number of carbonyl (C=O) groups is 1. The minimum absolute atomic E-state index is 0.0126. The Hall–Kier alpha value is -1.71.